The molecule has 2 unspecified atom stereocenters. The number of nitrogens with two attached hydrogens (primary N) is 1. The Morgan fingerprint density at radius 1 is 1.50 bits per heavy atom. The number of carbonyl (C=O) groups is 1. The van der Waals surface area contributed by atoms with Crippen molar-refractivity contribution in [1.29, 1.82) is 0 Å². The topological polar surface area (TPSA) is 58.8 Å². The molecule has 5 heteroatoms. The molecule has 5 nitrogen and oxygen atoms in total. The Morgan fingerprint density at radius 2 is 2.25 bits per heavy atom. The first kappa shape index (κ1) is 11.8. The fourth-order valence-electron chi connectivity index (χ4n) is 2.48. The van der Waals surface area contributed by atoms with Gasteiger partial charge < -0.3 is 20.3 Å². The quantitative estimate of drug-likeness (QED) is 0.641. The Kier molecular flexibility index (Phi) is 3.19. The van der Waals surface area contributed by atoms with Gasteiger partial charge >= 0.3 is 0 Å². The van der Waals surface area contributed by atoms with Gasteiger partial charge in [-0.1, -0.05) is 0 Å². The maximum Gasteiger partial charge on any atom is 0.245 e. The van der Waals surface area contributed by atoms with Crippen molar-refractivity contribution in [2.75, 3.05) is 39.9 Å². The maximum absolute atomic E-state index is 12.3. The Balaban J connectivity index is 2.04. The summed E-state index contributed by atoms with van der Waals surface area (Å²) >= 11 is 0. The molecule has 2 aliphatic heterocycles. The van der Waals surface area contributed by atoms with Gasteiger partial charge in [-0.15, -0.1) is 0 Å². The van der Waals surface area contributed by atoms with Gasteiger partial charge in [-0.25, -0.2) is 0 Å². The van der Waals surface area contributed by atoms with Crippen LogP contribution < -0.4 is 5.73 Å². The highest BCUT2D eigenvalue weighted by Crippen LogP contribution is 2.21. The van der Waals surface area contributed by atoms with E-state index >= 15 is 0 Å². The molecule has 0 aromatic carbocycles. The first-order valence-electron chi connectivity index (χ1n) is 5.89. The summed E-state index contributed by atoms with van der Waals surface area (Å²) in [5.74, 6) is 0.0607. The van der Waals surface area contributed by atoms with Crippen molar-refractivity contribution in [2.45, 2.75) is 24.9 Å². The van der Waals surface area contributed by atoms with E-state index in [1.165, 1.54) is 0 Å². The fraction of sp³-hybridized carbons (Fsp3) is 0.909. The maximum atomic E-state index is 12.3. The first-order chi connectivity index (χ1) is 7.53. The number of hydrogen-bond acceptors (Lipinski definition) is 4. The van der Waals surface area contributed by atoms with Gasteiger partial charge in [-0.2, -0.15) is 0 Å². The molecular weight excluding hydrogens is 206 g/mol. The van der Waals surface area contributed by atoms with Gasteiger partial charge in [0.25, 0.3) is 0 Å². The molecule has 0 saturated carbocycles. The zero-order valence-electron chi connectivity index (χ0n) is 10.1. The molecule has 0 aliphatic carbocycles. The van der Waals surface area contributed by atoms with Crippen LogP contribution in [0, 0.1) is 0 Å². The number of hydrogen-bond donors (Lipinski definition) is 1. The molecule has 2 atom stereocenters. The number of ether oxygens (including phenoxy) is 1. The molecule has 2 rings (SSSR count). The molecule has 0 bridgehead atoms. The molecule has 1 amide bonds. The molecule has 92 valence electrons. The summed E-state index contributed by atoms with van der Waals surface area (Å²) in [6.07, 6.45) is 0.644. The second-order valence-electron chi connectivity index (χ2n) is 5.07. The Labute approximate surface area is 96.5 Å². The van der Waals surface area contributed by atoms with Crippen LogP contribution in [-0.2, 0) is 9.53 Å². The predicted molar refractivity (Wildman–Crippen MR) is 61.0 cm³/mol. The lowest BCUT2D eigenvalue weighted by atomic mass is 9.97. The average Bonchev–Trinajstić information content (AvgIpc) is 2.66. The zero-order valence-corrected chi connectivity index (χ0v) is 10.1. The minimum absolute atomic E-state index is 0.0607. The minimum atomic E-state index is -0.774. The molecule has 2 aliphatic rings. The molecule has 0 aromatic heterocycles. The minimum Gasteiger partial charge on any atom is -0.379 e. The lowest BCUT2D eigenvalue weighted by Gasteiger charge is -2.41. The van der Waals surface area contributed by atoms with Crippen LogP contribution in [0.5, 0.6) is 0 Å². The molecule has 2 saturated heterocycles. The van der Waals surface area contributed by atoms with E-state index in [1.807, 2.05) is 4.90 Å². The van der Waals surface area contributed by atoms with Gasteiger partial charge in [0.1, 0.15) is 5.54 Å². The van der Waals surface area contributed by atoms with Gasteiger partial charge in [0.15, 0.2) is 0 Å². The summed E-state index contributed by atoms with van der Waals surface area (Å²) in [6.45, 7) is 5.66. The van der Waals surface area contributed by atoms with E-state index in [4.69, 9.17) is 10.5 Å². The highest BCUT2D eigenvalue weighted by atomic mass is 16.5. The molecule has 0 radical (unpaired) electrons. The van der Waals surface area contributed by atoms with E-state index in [2.05, 4.69) is 18.9 Å². The van der Waals surface area contributed by atoms with Crippen LogP contribution in [0.1, 0.15) is 13.3 Å². The van der Waals surface area contributed by atoms with Crippen molar-refractivity contribution in [3.8, 4) is 0 Å². The Morgan fingerprint density at radius 3 is 2.81 bits per heavy atom. The van der Waals surface area contributed by atoms with Crippen LogP contribution in [0.2, 0.25) is 0 Å². The number of piperazine rings is 1. The number of carbonyl (C=O) groups excluding carboxylic acids is 1. The summed E-state index contributed by atoms with van der Waals surface area (Å²) in [7, 11) is 2.08. The fourth-order valence-corrected chi connectivity index (χ4v) is 2.48. The number of amides is 1. The van der Waals surface area contributed by atoms with E-state index in [-0.39, 0.29) is 11.9 Å². The SMILES string of the molecule is CC1CN(C)CCN1C(=O)C1(N)CCOC1. The number of nitrogens with zero attached hydrogens (tertiary/aromatic N) is 2. The highest BCUT2D eigenvalue weighted by Gasteiger charge is 2.43. The van der Waals surface area contributed by atoms with Crippen molar-refractivity contribution in [3.05, 3.63) is 0 Å². The third kappa shape index (κ3) is 2.07. The van der Waals surface area contributed by atoms with Crippen molar-refractivity contribution in [1.82, 2.24) is 9.80 Å². The lowest BCUT2D eigenvalue weighted by Crippen LogP contribution is -2.62. The summed E-state index contributed by atoms with van der Waals surface area (Å²) in [4.78, 5) is 16.5. The second kappa shape index (κ2) is 4.31. The van der Waals surface area contributed by atoms with Gasteiger partial charge in [0.05, 0.1) is 6.61 Å². The first-order valence-corrected chi connectivity index (χ1v) is 5.89. The third-order valence-corrected chi connectivity index (χ3v) is 3.57. The molecule has 2 heterocycles. The molecular formula is C11H21N3O2. The van der Waals surface area contributed by atoms with E-state index in [0.717, 1.165) is 19.6 Å². The van der Waals surface area contributed by atoms with Gasteiger partial charge in [-0.3, -0.25) is 4.79 Å². The smallest absolute Gasteiger partial charge is 0.245 e. The van der Waals surface area contributed by atoms with Crippen molar-refractivity contribution < 1.29 is 9.53 Å². The van der Waals surface area contributed by atoms with Crippen molar-refractivity contribution >= 4 is 5.91 Å². The normalized spacial score (nSPS) is 36.7. The Hall–Kier alpha value is -0.650. The zero-order chi connectivity index (χ0) is 11.8. The molecule has 16 heavy (non-hydrogen) atoms. The summed E-state index contributed by atoms with van der Waals surface area (Å²) in [5.41, 5.74) is 5.33. The van der Waals surface area contributed by atoms with Crippen LogP contribution >= 0.6 is 0 Å². The highest BCUT2D eigenvalue weighted by molar-refractivity contribution is 5.87. The van der Waals surface area contributed by atoms with Crippen molar-refractivity contribution in [3.63, 3.8) is 0 Å². The van der Waals surface area contributed by atoms with Crippen LogP contribution in [0.15, 0.2) is 0 Å². The largest absolute Gasteiger partial charge is 0.379 e. The van der Waals surface area contributed by atoms with Gasteiger partial charge in [-0.05, 0) is 20.4 Å². The Bertz CT molecular complexity index is 276. The lowest BCUT2D eigenvalue weighted by molar-refractivity contribution is -0.141. The predicted octanol–water partition coefficient (Wildman–Crippen LogP) is -0.733. The standard InChI is InChI=1S/C11H21N3O2/c1-9-7-13(2)4-5-14(9)10(15)11(12)3-6-16-8-11/h9H,3-8,12H2,1-2H3. The van der Waals surface area contributed by atoms with Crippen LogP contribution in [0.4, 0.5) is 0 Å². The molecule has 0 aromatic rings. The van der Waals surface area contributed by atoms with E-state index < -0.39 is 5.54 Å². The monoisotopic (exact) mass is 227 g/mol. The van der Waals surface area contributed by atoms with Gasteiger partial charge in [0.2, 0.25) is 5.91 Å². The number of likely N-dealkylation sites (N-methyl/N-ethyl adjacent to an activating group) is 1. The van der Waals surface area contributed by atoms with Crippen LogP contribution in [-0.4, -0.2) is 67.2 Å². The molecule has 2 N–H and O–H groups in total. The van der Waals surface area contributed by atoms with Crippen LogP contribution in [0.3, 0.4) is 0 Å². The van der Waals surface area contributed by atoms with E-state index in [1.54, 1.807) is 0 Å². The summed E-state index contributed by atoms with van der Waals surface area (Å²) < 4.78 is 5.25. The number of rotatable bonds is 1. The molecule has 2 fully saturated rings. The summed E-state index contributed by atoms with van der Waals surface area (Å²) in [6, 6.07) is 0.243. The van der Waals surface area contributed by atoms with E-state index in [9.17, 15) is 4.79 Å². The van der Waals surface area contributed by atoms with E-state index in [0.29, 0.717) is 19.6 Å². The average molecular weight is 227 g/mol. The van der Waals surface area contributed by atoms with Gasteiger partial charge in [0, 0.05) is 32.3 Å². The van der Waals surface area contributed by atoms with Crippen molar-refractivity contribution in [2.24, 2.45) is 5.73 Å². The summed E-state index contributed by atoms with van der Waals surface area (Å²) in [5, 5.41) is 0. The third-order valence-electron chi connectivity index (χ3n) is 3.57. The molecule has 0 spiro atoms. The van der Waals surface area contributed by atoms with Crippen LogP contribution in [0.25, 0.3) is 0 Å². The second-order valence-corrected chi connectivity index (χ2v) is 5.07.